The molecule has 1 amide bonds. The molecule has 0 aliphatic carbocycles. The topological polar surface area (TPSA) is 54.9 Å². The summed E-state index contributed by atoms with van der Waals surface area (Å²) >= 11 is 1.56. The van der Waals surface area contributed by atoms with Crippen LogP contribution in [0.25, 0.3) is 10.2 Å². The lowest BCUT2D eigenvalue weighted by atomic mass is 10.2. The first-order valence-electron chi connectivity index (χ1n) is 9.78. The fourth-order valence-electron chi connectivity index (χ4n) is 3.45. The quantitative estimate of drug-likeness (QED) is 0.571. The molecular formula is C22H26ClN3O3S. The van der Waals surface area contributed by atoms with Gasteiger partial charge in [-0.3, -0.25) is 14.6 Å². The molecule has 8 heteroatoms. The highest BCUT2D eigenvalue weighted by Gasteiger charge is 2.23. The van der Waals surface area contributed by atoms with Gasteiger partial charge in [-0.25, -0.2) is 4.98 Å². The number of amides is 1. The van der Waals surface area contributed by atoms with E-state index in [4.69, 9.17) is 14.5 Å². The predicted octanol–water partition coefficient (Wildman–Crippen LogP) is 4.01. The second-order valence-electron chi connectivity index (χ2n) is 7.06. The van der Waals surface area contributed by atoms with E-state index in [1.165, 1.54) is 0 Å². The normalized spacial score (nSPS) is 14.3. The Morgan fingerprint density at radius 1 is 1.23 bits per heavy atom. The maximum absolute atomic E-state index is 13.4. The molecule has 160 valence electrons. The number of carbonyl (C=O) groups is 1. The van der Waals surface area contributed by atoms with E-state index in [0.717, 1.165) is 53.8 Å². The van der Waals surface area contributed by atoms with E-state index in [-0.39, 0.29) is 18.3 Å². The van der Waals surface area contributed by atoms with E-state index in [2.05, 4.69) is 11.0 Å². The zero-order valence-corrected chi connectivity index (χ0v) is 18.8. The summed E-state index contributed by atoms with van der Waals surface area (Å²) in [4.78, 5) is 22.4. The number of hydrogen-bond acceptors (Lipinski definition) is 6. The van der Waals surface area contributed by atoms with Gasteiger partial charge in [0.1, 0.15) is 5.75 Å². The summed E-state index contributed by atoms with van der Waals surface area (Å²) in [5.41, 5.74) is 2.68. The Morgan fingerprint density at radius 3 is 2.73 bits per heavy atom. The number of benzene rings is 2. The Labute approximate surface area is 186 Å². The number of morpholine rings is 1. The van der Waals surface area contributed by atoms with Gasteiger partial charge in [-0.2, -0.15) is 0 Å². The van der Waals surface area contributed by atoms with E-state index in [1.807, 2.05) is 37.3 Å². The van der Waals surface area contributed by atoms with E-state index in [0.29, 0.717) is 17.9 Å². The molecule has 2 aromatic carbocycles. The summed E-state index contributed by atoms with van der Waals surface area (Å²) in [6, 6.07) is 13.4. The van der Waals surface area contributed by atoms with E-state index in [1.54, 1.807) is 29.4 Å². The number of methoxy groups -OCH3 is 1. The Bertz CT molecular complexity index is 1000. The van der Waals surface area contributed by atoms with Gasteiger partial charge in [0.2, 0.25) is 0 Å². The summed E-state index contributed by atoms with van der Waals surface area (Å²) in [5, 5.41) is 0.732. The fourth-order valence-corrected chi connectivity index (χ4v) is 4.52. The molecule has 6 nitrogen and oxygen atoms in total. The van der Waals surface area contributed by atoms with Crippen molar-refractivity contribution in [1.29, 1.82) is 0 Å². The first-order valence-corrected chi connectivity index (χ1v) is 10.6. The number of anilines is 1. The van der Waals surface area contributed by atoms with Crippen LogP contribution < -0.4 is 9.64 Å². The predicted molar refractivity (Wildman–Crippen MR) is 124 cm³/mol. The van der Waals surface area contributed by atoms with Crippen molar-refractivity contribution in [2.24, 2.45) is 0 Å². The fraction of sp³-hybridized carbons (Fsp3) is 0.364. The molecule has 0 atom stereocenters. The standard InChI is InChI=1S/C22H25N3O3S.ClH/c1-16-5-3-8-19-20(16)23-22(29-19)25(10-9-24-11-13-28-14-12-24)21(26)17-6-4-7-18(15-17)27-2;/h3-8,15H,9-14H2,1-2H3;1H. The van der Waals surface area contributed by atoms with Gasteiger partial charge in [0.25, 0.3) is 5.91 Å². The van der Waals surface area contributed by atoms with Crippen molar-refractivity contribution >= 4 is 45.0 Å². The van der Waals surface area contributed by atoms with Crippen LogP contribution in [-0.4, -0.2) is 62.3 Å². The Kier molecular flexibility index (Phi) is 7.66. The first kappa shape index (κ1) is 22.5. The Morgan fingerprint density at radius 2 is 2.00 bits per heavy atom. The number of fused-ring (bicyclic) bond motifs is 1. The maximum atomic E-state index is 13.4. The molecule has 0 saturated carbocycles. The summed E-state index contributed by atoms with van der Waals surface area (Å²) in [7, 11) is 1.61. The van der Waals surface area contributed by atoms with Crippen LogP contribution in [0, 0.1) is 6.92 Å². The van der Waals surface area contributed by atoms with Gasteiger partial charge in [-0.05, 0) is 36.8 Å². The molecule has 0 N–H and O–H groups in total. The summed E-state index contributed by atoms with van der Waals surface area (Å²) in [6.07, 6.45) is 0. The molecule has 1 fully saturated rings. The van der Waals surface area contributed by atoms with Crippen LogP contribution >= 0.6 is 23.7 Å². The van der Waals surface area contributed by atoms with Gasteiger partial charge >= 0.3 is 0 Å². The number of nitrogens with zero attached hydrogens (tertiary/aromatic N) is 3. The van der Waals surface area contributed by atoms with Gasteiger partial charge in [-0.1, -0.05) is 29.5 Å². The number of halogens is 1. The monoisotopic (exact) mass is 447 g/mol. The van der Waals surface area contributed by atoms with Gasteiger partial charge in [0, 0.05) is 31.7 Å². The molecule has 1 aliphatic heterocycles. The number of carbonyl (C=O) groups excluding carboxylic acids is 1. The lowest BCUT2D eigenvalue weighted by Gasteiger charge is -2.29. The van der Waals surface area contributed by atoms with Crippen LogP contribution in [0.4, 0.5) is 5.13 Å². The average Bonchev–Trinajstić information content (AvgIpc) is 3.20. The zero-order valence-electron chi connectivity index (χ0n) is 17.2. The van der Waals surface area contributed by atoms with Gasteiger partial charge < -0.3 is 9.47 Å². The number of aromatic nitrogens is 1. The molecular weight excluding hydrogens is 422 g/mol. The molecule has 1 aromatic heterocycles. The minimum Gasteiger partial charge on any atom is -0.497 e. The lowest BCUT2D eigenvalue weighted by molar-refractivity contribution is 0.0391. The van der Waals surface area contributed by atoms with Gasteiger partial charge in [0.05, 0.1) is 30.5 Å². The van der Waals surface area contributed by atoms with E-state index >= 15 is 0 Å². The van der Waals surface area contributed by atoms with Crippen molar-refractivity contribution in [3.05, 3.63) is 53.6 Å². The molecule has 0 bridgehead atoms. The molecule has 4 rings (SSSR count). The minimum atomic E-state index is -0.0612. The van der Waals surface area contributed by atoms with Crippen LogP contribution in [0.2, 0.25) is 0 Å². The zero-order chi connectivity index (χ0) is 20.2. The van der Waals surface area contributed by atoms with E-state index < -0.39 is 0 Å². The van der Waals surface area contributed by atoms with Crippen LogP contribution in [0.1, 0.15) is 15.9 Å². The number of para-hydroxylation sites is 1. The SMILES string of the molecule is COc1cccc(C(=O)N(CCN2CCOCC2)c2nc3c(C)cccc3s2)c1.Cl. The van der Waals surface area contributed by atoms with Gasteiger partial charge in [0.15, 0.2) is 5.13 Å². The largest absolute Gasteiger partial charge is 0.497 e. The van der Waals surface area contributed by atoms with Crippen molar-refractivity contribution < 1.29 is 14.3 Å². The number of ether oxygens (including phenoxy) is 2. The molecule has 3 aromatic rings. The number of thiazole rings is 1. The van der Waals surface area contributed by atoms with Crippen molar-refractivity contribution in [2.75, 3.05) is 51.4 Å². The highest BCUT2D eigenvalue weighted by atomic mass is 35.5. The van der Waals surface area contributed by atoms with Crippen molar-refractivity contribution in [3.8, 4) is 5.75 Å². The molecule has 1 aliphatic rings. The van der Waals surface area contributed by atoms with Gasteiger partial charge in [-0.15, -0.1) is 12.4 Å². The second kappa shape index (κ2) is 10.2. The molecule has 0 unspecified atom stereocenters. The number of hydrogen-bond donors (Lipinski definition) is 0. The van der Waals surface area contributed by atoms with Crippen molar-refractivity contribution in [2.45, 2.75) is 6.92 Å². The Hall–Kier alpha value is -2.19. The van der Waals surface area contributed by atoms with Crippen LogP contribution in [0.3, 0.4) is 0 Å². The van der Waals surface area contributed by atoms with E-state index in [9.17, 15) is 4.79 Å². The first-order chi connectivity index (χ1) is 14.2. The van der Waals surface area contributed by atoms with Crippen molar-refractivity contribution in [3.63, 3.8) is 0 Å². The minimum absolute atomic E-state index is 0. The second-order valence-corrected chi connectivity index (χ2v) is 8.07. The molecule has 0 spiro atoms. The highest BCUT2D eigenvalue weighted by Crippen LogP contribution is 2.31. The average molecular weight is 448 g/mol. The summed E-state index contributed by atoms with van der Waals surface area (Å²) in [5.74, 6) is 0.609. The molecule has 30 heavy (non-hydrogen) atoms. The smallest absolute Gasteiger partial charge is 0.260 e. The lowest BCUT2D eigenvalue weighted by Crippen LogP contribution is -2.43. The summed E-state index contributed by atoms with van der Waals surface area (Å²) < 4.78 is 11.8. The maximum Gasteiger partial charge on any atom is 0.260 e. The number of rotatable bonds is 6. The summed E-state index contributed by atoms with van der Waals surface area (Å²) in [6.45, 7) is 6.67. The highest BCUT2D eigenvalue weighted by molar-refractivity contribution is 7.22. The Balaban J connectivity index is 0.00000256. The van der Waals surface area contributed by atoms with Crippen LogP contribution in [-0.2, 0) is 4.74 Å². The van der Waals surface area contributed by atoms with Crippen LogP contribution in [0.15, 0.2) is 42.5 Å². The molecule has 0 radical (unpaired) electrons. The van der Waals surface area contributed by atoms with Crippen molar-refractivity contribution in [1.82, 2.24) is 9.88 Å². The number of aryl methyl sites for hydroxylation is 1. The third kappa shape index (κ3) is 4.92. The molecule has 2 heterocycles. The third-order valence-electron chi connectivity index (χ3n) is 5.15. The molecule has 1 saturated heterocycles. The third-order valence-corrected chi connectivity index (χ3v) is 6.19. The van der Waals surface area contributed by atoms with Crippen LogP contribution in [0.5, 0.6) is 5.75 Å².